The third-order valence-corrected chi connectivity index (χ3v) is 8.90. The number of nitrogens with zero attached hydrogens (tertiary/aromatic N) is 4. The molecule has 2 aliphatic rings. The monoisotopic (exact) mass is 664 g/mol. The van der Waals surface area contributed by atoms with Crippen molar-refractivity contribution in [2.75, 3.05) is 0 Å². The maximum atomic E-state index is 5.24. The molecule has 2 N–H and O–H groups in total. The molecule has 0 radical (unpaired) electrons. The summed E-state index contributed by atoms with van der Waals surface area (Å²) in [6, 6.07) is 36.6. The molecule has 242 valence electrons. The molecule has 8 bridgehead atoms. The van der Waals surface area contributed by atoms with Crippen LogP contribution < -0.4 is 0 Å². The molecule has 0 aliphatic carbocycles. The van der Waals surface area contributed by atoms with E-state index in [1.165, 1.54) is 0 Å². The molecular weight excluding hydrogens is 637 g/mol. The second-order valence-corrected chi connectivity index (χ2v) is 12.2. The van der Waals surface area contributed by atoms with Gasteiger partial charge < -0.3 is 9.97 Å². The molecule has 0 fully saturated rings. The van der Waals surface area contributed by atoms with Crippen LogP contribution in [0.5, 0.6) is 0 Å². The first-order valence-corrected chi connectivity index (χ1v) is 16.9. The second-order valence-electron chi connectivity index (χ2n) is 12.2. The summed E-state index contributed by atoms with van der Waals surface area (Å²) in [5.74, 6) is 13.6. The van der Waals surface area contributed by atoms with E-state index in [0.717, 1.165) is 89.4 Å². The molecule has 9 rings (SSSR count). The van der Waals surface area contributed by atoms with Crippen LogP contribution in [0.4, 0.5) is 0 Å². The first-order chi connectivity index (χ1) is 25.8. The lowest BCUT2D eigenvalue weighted by molar-refractivity contribution is 1.26. The Morgan fingerprint density at radius 2 is 0.769 bits per heavy atom. The van der Waals surface area contributed by atoms with Crippen LogP contribution in [-0.2, 0) is 0 Å². The molecule has 0 amide bonds. The van der Waals surface area contributed by atoms with E-state index in [4.69, 9.17) is 9.97 Å². The molecule has 0 atom stereocenters. The highest BCUT2D eigenvalue weighted by Crippen LogP contribution is 2.34. The van der Waals surface area contributed by atoms with Crippen LogP contribution >= 0.6 is 0 Å². The van der Waals surface area contributed by atoms with Crippen molar-refractivity contribution in [1.29, 1.82) is 0 Å². The number of H-pyrrole nitrogens is 2. The van der Waals surface area contributed by atoms with Gasteiger partial charge >= 0.3 is 0 Å². The minimum absolute atomic E-state index is 0.739. The van der Waals surface area contributed by atoms with Crippen molar-refractivity contribution in [2.45, 2.75) is 0 Å². The van der Waals surface area contributed by atoms with Crippen LogP contribution in [0.3, 0.4) is 0 Å². The number of hydrogen-bond acceptors (Lipinski definition) is 4. The number of nitrogens with one attached hydrogen (secondary N) is 2. The minimum Gasteiger partial charge on any atom is -0.354 e. The number of benzene rings is 2. The third-order valence-electron chi connectivity index (χ3n) is 8.90. The molecule has 0 unspecified atom stereocenters. The van der Waals surface area contributed by atoms with Crippen molar-refractivity contribution in [2.24, 2.45) is 0 Å². The number of fused-ring (bicyclic) bond motifs is 8. The van der Waals surface area contributed by atoms with Crippen LogP contribution in [0.1, 0.15) is 45.0 Å². The quantitative estimate of drug-likeness (QED) is 0.180. The van der Waals surface area contributed by atoms with Crippen molar-refractivity contribution in [3.8, 4) is 45.9 Å². The molecule has 7 aromatic rings. The zero-order chi connectivity index (χ0) is 34.7. The number of rotatable bonds is 2. The van der Waals surface area contributed by atoms with Crippen molar-refractivity contribution in [3.63, 3.8) is 0 Å². The summed E-state index contributed by atoms with van der Waals surface area (Å²) < 4.78 is 0. The lowest BCUT2D eigenvalue weighted by Crippen LogP contribution is -1.91. The van der Waals surface area contributed by atoms with E-state index in [9.17, 15) is 0 Å². The van der Waals surface area contributed by atoms with Crippen LogP contribution in [-0.4, -0.2) is 29.9 Å². The van der Waals surface area contributed by atoms with Gasteiger partial charge in [0, 0.05) is 58.1 Å². The standard InChI is InChI=1S/C46H28N6/c1-3-7-33(8-4-1)45-41-19-15-37(49-41)35(13-11-31-23-27-47-28-24-31)39-17-21-43(51-39)46(34-9-5-2-6-10-34)44-22-18-40(52-44)36(38-16-20-42(45)50-38)14-12-32-25-29-48-30-26-32/h1-10,15-30,49,51H. The van der Waals surface area contributed by atoms with Gasteiger partial charge in [-0.3, -0.25) is 9.97 Å². The van der Waals surface area contributed by atoms with Gasteiger partial charge in [0.2, 0.25) is 0 Å². The summed E-state index contributed by atoms with van der Waals surface area (Å²) in [5, 5.41) is 0. The number of pyridine rings is 2. The molecule has 52 heavy (non-hydrogen) atoms. The van der Waals surface area contributed by atoms with E-state index in [1.807, 2.05) is 72.8 Å². The normalized spacial score (nSPS) is 11.4. The molecule has 2 aliphatic heterocycles. The van der Waals surface area contributed by atoms with Crippen LogP contribution in [0.25, 0.3) is 68.6 Å². The maximum Gasteiger partial charge on any atom is 0.0816 e. The Hall–Kier alpha value is -7.54. The van der Waals surface area contributed by atoms with Crippen molar-refractivity contribution in [3.05, 3.63) is 179 Å². The van der Waals surface area contributed by atoms with E-state index < -0.39 is 0 Å². The molecule has 5 aromatic heterocycles. The summed E-state index contributed by atoms with van der Waals surface area (Å²) in [5.41, 5.74) is 14.0. The van der Waals surface area contributed by atoms with Gasteiger partial charge in [0.15, 0.2) is 0 Å². The first kappa shape index (κ1) is 30.5. The van der Waals surface area contributed by atoms with Crippen LogP contribution in [0.2, 0.25) is 0 Å². The molecule has 6 heteroatoms. The average molecular weight is 665 g/mol. The van der Waals surface area contributed by atoms with Crippen molar-refractivity contribution >= 4 is 46.4 Å². The van der Waals surface area contributed by atoms with E-state index in [2.05, 4.69) is 104 Å². The van der Waals surface area contributed by atoms with Crippen LogP contribution in [0.15, 0.2) is 134 Å². The molecular formula is C46H28N6. The lowest BCUT2D eigenvalue weighted by atomic mass is 10.0. The topological polar surface area (TPSA) is 83.1 Å². The highest BCUT2D eigenvalue weighted by molar-refractivity contribution is 5.95. The molecule has 2 aromatic carbocycles. The zero-order valence-electron chi connectivity index (χ0n) is 27.8. The minimum atomic E-state index is 0.739. The van der Waals surface area contributed by atoms with Gasteiger partial charge in [-0.25, -0.2) is 9.97 Å². The summed E-state index contributed by atoms with van der Waals surface area (Å²) in [7, 11) is 0. The molecule has 0 saturated carbocycles. The fourth-order valence-electron chi connectivity index (χ4n) is 6.43. The Bertz CT molecular complexity index is 2690. The predicted molar refractivity (Wildman–Crippen MR) is 210 cm³/mol. The Morgan fingerprint density at radius 1 is 0.365 bits per heavy atom. The number of hydrogen-bond donors (Lipinski definition) is 2. The Kier molecular flexibility index (Phi) is 7.86. The Morgan fingerprint density at radius 3 is 1.23 bits per heavy atom. The van der Waals surface area contributed by atoms with E-state index in [1.54, 1.807) is 24.8 Å². The number of aromatic amines is 2. The summed E-state index contributed by atoms with van der Waals surface area (Å²) in [6.45, 7) is 0. The maximum absolute atomic E-state index is 5.24. The fraction of sp³-hybridized carbons (Fsp3) is 0. The van der Waals surface area contributed by atoms with Crippen molar-refractivity contribution < 1.29 is 0 Å². The fourth-order valence-corrected chi connectivity index (χ4v) is 6.43. The van der Waals surface area contributed by atoms with E-state index in [-0.39, 0.29) is 0 Å². The van der Waals surface area contributed by atoms with E-state index in [0.29, 0.717) is 0 Å². The van der Waals surface area contributed by atoms with Crippen molar-refractivity contribution in [1.82, 2.24) is 29.9 Å². The average Bonchev–Trinajstić information content (AvgIpc) is 4.04. The zero-order valence-corrected chi connectivity index (χ0v) is 27.8. The second kappa shape index (κ2) is 13.4. The van der Waals surface area contributed by atoms with Gasteiger partial charge in [-0.05, 0) is 84.0 Å². The molecule has 0 saturated heterocycles. The molecule has 0 spiro atoms. The number of aromatic nitrogens is 6. The molecule has 6 nitrogen and oxygen atoms in total. The van der Waals surface area contributed by atoms with Gasteiger partial charge in [0.25, 0.3) is 0 Å². The Balaban J connectivity index is 1.42. The molecule has 7 heterocycles. The third kappa shape index (κ3) is 5.98. The van der Waals surface area contributed by atoms with Gasteiger partial charge in [-0.15, -0.1) is 0 Å². The van der Waals surface area contributed by atoms with Gasteiger partial charge in [0.05, 0.1) is 44.9 Å². The smallest absolute Gasteiger partial charge is 0.0816 e. The van der Waals surface area contributed by atoms with Gasteiger partial charge in [0.1, 0.15) is 0 Å². The summed E-state index contributed by atoms with van der Waals surface area (Å²) in [6.07, 6.45) is 15.2. The predicted octanol–water partition coefficient (Wildman–Crippen LogP) is 9.58. The van der Waals surface area contributed by atoms with Gasteiger partial charge in [-0.2, -0.15) is 0 Å². The van der Waals surface area contributed by atoms with Crippen LogP contribution in [0, 0.1) is 23.7 Å². The SMILES string of the molecule is C(#Cc1c2nc(c(-c3ccccc3)c3ccc([nH]3)c(C#Cc3ccncc3)c3ccc([nH]3)c(-c3ccccc3)c3nc1C=C3)C=C2)c1ccncc1. The summed E-state index contributed by atoms with van der Waals surface area (Å²) in [4.78, 5) is 26.2. The summed E-state index contributed by atoms with van der Waals surface area (Å²) >= 11 is 0. The highest BCUT2D eigenvalue weighted by atomic mass is 14.8. The van der Waals surface area contributed by atoms with E-state index >= 15 is 0 Å². The lowest BCUT2D eigenvalue weighted by Gasteiger charge is -2.04. The largest absolute Gasteiger partial charge is 0.354 e. The Labute approximate surface area is 300 Å². The highest BCUT2D eigenvalue weighted by Gasteiger charge is 2.17. The first-order valence-electron chi connectivity index (χ1n) is 16.9. The van der Waals surface area contributed by atoms with Gasteiger partial charge in [-0.1, -0.05) is 84.3 Å².